The van der Waals surface area contributed by atoms with Crippen LogP contribution in [0.4, 0.5) is 8.78 Å². The fraction of sp³-hybridized carbons (Fsp3) is 0.167. The lowest BCUT2D eigenvalue weighted by molar-refractivity contribution is -0.136. The molecule has 0 amide bonds. The van der Waals surface area contributed by atoms with E-state index in [-0.39, 0.29) is 17.9 Å². The molecule has 204 valence electrons. The number of ether oxygens (including phenoxy) is 3. The zero-order chi connectivity index (χ0) is 28.4. The molecule has 1 atom stereocenters. The van der Waals surface area contributed by atoms with Gasteiger partial charge in [0.1, 0.15) is 18.2 Å². The lowest BCUT2D eigenvalue weighted by atomic mass is 9.96. The molecule has 0 aliphatic carbocycles. The lowest BCUT2D eigenvalue weighted by Gasteiger charge is -2.24. The van der Waals surface area contributed by atoms with Gasteiger partial charge in [-0.05, 0) is 48.4 Å². The molecule has 0 unspecified atom stereocenters. The third-order valence-corrected chi connectivity index (χ3v) is 7.40. The minimum atomic E-state index is -0.814. The van der Waals surface area contributed by atoms with E-state index >= 15 is 0 Å². The zero-order valence-electron chi connectivity index (χ0n) is 21.8. The first-order chi connectivity index (χ1) is 19.3. The van der Waals surface area contributed by atoms with Crippen LogP contribution in [0.1, 0.15) is 29.7 Å². The molecule has 0 fully saturated rings. The number of aromatic nitrogens is 1. The Bertz CT molecular complexity index is 1810. The highest BCUT2D eigenvalue weighted by Crippen LogP contribution is 2.30. The molecule has 0 N–H and O–H groups in total. The van der Waals surface area contributed by atoms with Gasteiger partial charge in [0, 0.05) is 11.6 Å². The summed E-state index contributed by atoms with van der Waals surface area (Å²) < 4.78 is 45.3. The molecule has 10 heteroatoms. The zero-order valence-corrected chi connectivity index (χ0v) is 22.6. The van der Waals surface area contributed by atoms with E-state index in [1.807, 2.05) is 30.3 Å². The number of thiazole rings is 1. The van der Waals surface area contributed by atoms with Gasteiger partial charge in [0.25, 0.3) is 5.56 Å². The normalized spacial score (nSPS) is 14.9. The largest absolute Gasteiger partial charge is 0.496 e. The number of hydrogen-bond donors (Lipinski definition) is 0. The fourth-order valence-corrected chi connectivity index (χ4v) is 5.59. The molecule has 5 rings (SSSR count). The molecule has 0 bridgehead atoms. The summed E-state index contributed by atoms with van der Waals surface area (Å²) in [5.74, 6) is -1.66. The first kappa shape index (κ1) is 27.0. The van der Waals surface area contributed by atoms with Gasteiger partial charge in [0.15, 0.2) is 16.4 Å². The van der Waals surface area contributed by atoms with Gasteiger partial charge in [-0.2, -0.15) is 0 Å². The van der Waals surface area contributed by atoms with Crippen molar-refractivity contribution in [3.63, 3.8) is 0 Å². The van der Waals surface area contributed by atoms with Crippen molar-refractivity contribution >= 4 is 23.4 Å². The van der Waals surface area contributed by atoms with E-state index in [1.54, 1.807) is 31.2 Å². The molecule has 1 aliphatic rings. The second kappa shape index (κ2) is 11.3. The Balaban J connectivity index is 1.56. The number of allylic oxidation sites excluding steroid dienone is 1. The highest BCUT2D eigenvalue weighted by atomic mass is 32.1. The maximum absolute atomic E-state index is 14.1. The highest BCUT2D eigenvalue weighted by Gasteiger charge is 2.32. The molecule has 7 nitrogen and oxygen atoms in total. The van der Waals surface area contributed by atoms with Gasteiger partial charge < -0.3 is 14.2 Å². The number of hydrogen-bond acceptors (Lipinski definition) is 7. The van der Waals surface area contributed by atoms with Crippen molar-refractivity contribution in [3.8, 4) is 11.5 Å². The second-order valence-corrected chi connectivity index (χ2v) is 9.93. The molecular formula is C30H24F2N2O5S. The number of fused-ring (bicyclic) bond motifs is 1. The molecule has 1 aromatic heterocycles. The number of rotatable bonds is 7. The highest BCUT2D eigenvalue weighted by molar-refractivity contribution is 7.07. The van der Waals surface area contributed by atoms with Crippen LogP contribution in [0, 0.1) is 11.6 Å². The molecule has 0 saturated carbocycles. The Hall–Kier alpha value is -4.57. The van der Waals surface area contributed by atoms with Crippen LogP contribution in [0.3, 0.4) is 0 Å². The molecule has 2 heterocycles. The summed E-state index contributed by atoms with van der Waals surface area (Å²) in [6.45, 7) is 1.67. The summed E-state index contributed by atoms with van der Waals surface area (Å²) in [6, 6.07) is 16.9. The van der Waals surface area contributed by atoms with Gasteiger partial charge in [0.05, 0.1) is 36.1 Å². The quantitative estimate of drug-likeness (QED) is 0.315. The van der Waals surface area contributed by atoms with Gasteiger partial charge in [-0.1, -0.05) is 47.7 Å². The SMILES string of the molecule is COC(=O)C1=C(C)N=c2sc(=Cc3ccc(OC)c(COc4ccc(F)cc4F)c3)c(=O)n2[C@H]1c1ccccc1. The summed E-state index contributed by atoms with van der Waals surface area (Å²) in [5, 5.41) is 0. The van der Waals surface area contributed by atoms with Gasteiger partial charge in [-0.3, -0.25) is 9.36 Å². The summed E-state index contributed by atoms with van der Waals surface area (Å²) >= 11 is 1.20. The standard InChI is InChI=1S/C30H24F2N2O5S/c1-17-26(29(36)38-3)27(19-7-5-4-6-8-19)34-28(35)25(40-30(34)33-17)14-18-9-11-23(37-2)20(13-18)16-39-24-12-10-21(31)15-22(24)32/h4-15,27H,16H2,1-3H3/t27-/m0/s1. The van der Waals surface area contributed by atoms with Crippen molar-refractivity contribution in [1.82, 2.24) is 4.57 Å². The minimum Gasteiger partial charge on any atom is -0.496 e. The average molecular weight is 563 g/mol. The number of benzene rings is 3. The van der Waals surface area contributed by atoms with E-state index in [4.69, 9.17) is 14.2 Å². The van der Waals surface area contributed by atoms with Crippen LogP contribution in [0.5, 0.6) is 11.5 Å². The summed E-state index contributed by atoms with van der Waals surface area (Å²) in [6.07, 6.45) is 1.71. The smallest absolute Gasteiger partial charge is 0.338 e. The number of halogens is 2. The van der Waals surface area contributed by atoms with Crippen molar-refractivity contribution in [2.24, 2.45) is 4.99 Å². The third-order valence-electron chi connectivity index (χ3n) is 6.42. The van der Waals surface area contributed by atoms with E-state index in [0.717, 1.165) is 17.7 Å². The van der Waals surface area contributed by atoms with Gasteiger partial charge in [0.2, 0.25) is 0 Å². The minimum absolute atomic E-state index is 0.0512. The van der Waals surface area contributed by atoms with Gasteiger partial charge >= 0.3 is 5.97 Å². The maximum atomic E-state index is 14.1. The van der Waals surface area contributed by atoms with Crippen molar-refractivity contribution in [2.75, 3.05) is 14.2 Å². The molecule has 0 saturated heterocycles. The van der Waals surface area contributed by atoms with Gasteiger partial charge in [-0.25, -0.2) is 18.6 Å². The van der Waals surface area contributed by atoms with Crippen molar-refractivity contribution in [1.29, 1.82) is 0 Å². The Morgan fingerprint density at radius 1 is 1.05 bits per heavy atom. The molecule has 0 radical (unpaired) electrons. The number of methoxy groups -OCH3 is 2. The van der Waals surface area contributed by atoms with Crippen LogP contribution in [0.15, 0.2) is 87.8 Å². The van der Waals surface area contributed by atoms with Crippen LogP contribution in [0.25, 0.3) is 6.08 Å². The second-order valence-electron chi connectivity index (χ2n) is 8.92. The van der Waals surface area contributed by atoms with Crippen molar-refractivity contribution in [3.05, 3.63) is 126 Å². The molecule has 40 heavy (non-hydrogen) atoms. The number of esters is 1. The Morgan fingerprint density at radius 2 is 1.80 bits per heavy atom. The van der Waals surface area contributed by atoms with E-state index in [0.29, 0.717) is 37.5 Å². The fourth-order valence-electron chi connectivity index (χ4n) is 4.54. The summed E-state index contributed by atoms with van der Waals surface area (Å²) in [4.78, 5) is 31.5. The maximum Gasteiger partial charge on any atom is 0.338 e. The predicted molar refractivity (Wildman–Crippen MR) is 146 cm³/mol. The predicted octanol–water partition coefficient (Wildman–Crippen LogP) is 4.27. The van der Waals surface area contributed by atoms with Crippen LogP contribution in [-0.4, -0.2) is 24.8 Å². The van der Waals surface area contributed by atoms with Gasteiger partial charge in [-0.15, -0.1) is 0 Å². The van der Waals surface area contributed by atoms with Crippen LogP contribution in [-0.2, 0) is 16.1 Å². The lowest BCUT2D eigenvalue weighted by Crippen LogP contribution is -2.39. The van der Waals surface area contributed by atoms with Crippen LogP contribution < -0.4 is 24.4 Å². The molecule has 1 aliphatic heterocycles. The van der Waals surface area contributed by atoms with Crippen LogP contribution >= 0.6 is 11.3 Å². The van der Waals surface area contributed by atoms with Crippen molar-refractivity contribution in [2.45, 2.75) is 19.6 Å². The molecular weight excluding hydrogens is 538 g/mol. The summed E-state index contributed by atoms with van der Waals surface area (Å²) in [7, 11) is 2.80. The van der Waals surface area contributed by atoms with E-state index in [2.05, 4.69) is 4.99 Å². The number of nitrogens with zero attached hydrogens (tertiary/aromatic N) is 2. The Morgan fingerprint density at radius 3 is 2.50 bits per heavy atom. The van der Waals surface area contributed by atoms with E-state index < -0.39 is 23.6 Å². The molecule has 3 aromatic carbocycles. The topological polar surface area (TPSA) is 79.1 Å². The third kappa shape index (κ3) is 5.17. The van der Waals surface area contributed by atoms with E-state index in [1.165, 1.54) is 36.2 Å². The summed E-state index contributed by atoms with van der Waals surface area (Å²) in [5.41, 5.74) is 2.48. The molecule has 4 aromatic rings. The Labute approximate surface area is 231 Å². The first-order valence-electron chi connectivity index (χ1n) is 12.2. The monoisotopic (exact) mass is 562 g/mol. The number of carbonyl (C=O) groups is 1. The van der Waals surface area contributed by atoms with E-state index in [9.17, 15) is 18.4 Å². The first-order valence-corrected chi connectivity index (χ1v) is 13.0. The Kier molecular flexibility index (Phi) is 7.61. The average Bonchev–Trinajstić information content (AvgIpc) is 3.25. The van der Waals surface area contributed by atoms with Crippen molar-refractivity contribution < 1.29 is 27.8 Å². The van der Waals surface area contributed by atoms with Crippen LogP contribution in [0.2, 0.25) is 0 Å². The number of carbonyl (C=O) groups excluding carboxylic acids is 1. The molecule has 0 spiro atoms.